The van der Waals surface area contributed by atoms with Crippen molar-refractivity contribution in [2.24, 2.45) is 0 Å². The Morgan fingerprint density at radius 2 is 1.82 bits per heavy atom. The van der Waals surface area contributed by atoms with Gasteiger partial charge in [-0.3, -0.25) is 9.69 Å². The SMILES string of the molecule is COc1ccc(N2CCN([C@H]3CCCN(C(=O)c4sccc4C)C3)CC2)cc1. The molecule has 0 radical (unpaired) electrons. The molecule has 5 nitrogen and oxygen atoms in total. The number of ether oxygens (including phenoxy) is 1. The summed E-state index contributed by atoms with van der Waals surface area (Å²) in [6.07, 6.45) is 2.29. The lowest BCUT2D eigenvalue weighted by atomic mass is 10.0. The summed E-state index contributed by atoms with van der Waals surface area (Å²) in [5.41, 5.74) is 2.36. The zero-order valence-electron chi connectivity index (χ0n) is 16.8. The van der Waals surface area contributed by atoms with E-state index in [-0.39, 0.29) is 5.91 Å². The van der Waals surface area contributed by atoms with Crippen LogP contribution in [-0.2, 0) is 0 Å². The number of anilines is 1. The minimum Gasteiger partial charge on any atom is -0.497 e. The van der Waals surface area contributed by atoms with Crippen LogP contribution in [0.4, 0.5) is 5.69 Å². The number of rotatable bonds is 4. The first-order valence-electron chi connectivity index (χ1n) is 10.1. The lowest BCUT2D eigenvalue weighted by Gasteiger charge is -2.44. The molecule has 0 saturated carbocycles. The molecule has 1 atom stereocenters. The van der Waals surface area contributed by atoms with Crippen molar-refractivity contribution in [3.63, 3.8) is 0 Å². The molecule has 1 aromatic carbocycles. The third-order valence-electron chi connectivity index (χ3n) is 6.01. The average Bonchev–Trinajstić information content (AvgIpc) is 3.19. The quantitative estimate of drug-likeness (QED) is 0.789. The minimum atomic E-state index is 0.217. The molecular weight excluding hydrogens is 370 g/mol. The van der Waals surface area contributed by atoms with E-state index in [0.717, 1.165) is 61.9 Å². The summed E-state index contributed by atoms with van der Waals surface area (Å²) >= 11 is 1.57. The molecule has 4 rings (SSSR count). The number of carbonyl (C=O) groups excluding carboxylic acids is 1. The number of hydrogen-bond donors (Lipinski definition) is 0. The highest BCUT2D eigenvalue weighted by Crippen LogP contribution is 2.25. The van der Waals surface area contributed by atoms with E-state index in [4.69, 9.17) is 4.74 Å². The molecule has 3 heterocycles. The first-order valence-corrected chi connectivity index (χ1v) is 11.0. The van der Waals surface area contributed by atoms with E-state index in [9.17, 15) is 4.79 Å². The summed E-state index contributed by atoms with van der Waals surface area (Å²) in [5.74, 6) is 1.12. The van der Waals surface area contributed by atoms with Crippen LogP contribution in [0.1, 0.15) is 28.1 Å². The summed E-state index contributed by atoms with van der Waals surface area (Å²) in [4.78, 5) is 20.9. The first-order chi connectivity index (χ1) is 13.7. The molecule has 2 saturated heterocycles. The van der Waals surface area contributed by atoms with Crippen LogP contribution in [0.15, 0.2) is 35.7 Å². The maximum absolute atomic E-state index is 12.9. The van der Waals surface area contributed by atoms with Crippen molar-refractivity contribution < 1.29 is 9.53 Å². The van der Waals surface area contributed by atoms with Gasteiger partial charge in [-0.25, -0.2) is 0 Å². The topological polar surface area (TPSA) is 36.0 Å². The summed E-state index contributed by atoms with van der Waals surface area (Å²) in [7, 11) is 1.70. The van der Waals surface area contributed by atoms with Crippen LogP contribution in [0.5, 0.6) is 5.75 Å². The molecule has 0 spiro atoms. The zero-order chi connectivity index (χ0) is 19.5. The fourth-order valence-electron chi connectivity index (χ4n) is 4.31. The van der Waals surface area contributed by atoms with Gasteiger partial charge in [0, 0.05) is 51.0 Å². The largest absolute Gasteiger partial charge is 0.497 e. The molecule has 150 valence electrons. The van der Waals surface area contributed by atoms with Gasteiger partial charge in [0.05, 0.1) is 12.0 Å². The van der Waals surface area contributed by atoms with Gasteiger partial charge in [0.2, 0.25) is 0 Å². The van der Waals surface area contributed by atoms with Crippen molar-refractivity contribution in [1.29, 1.82) is 0 Å². The number of piperidine rings is 1. The van der Waals surface area contributed by atoms with Crippen LogP contribution in [0, 0.1) is 6.92 Å². The molecule has 1 amide bonds. The Kier molecular flexibility index (Phi) is 5.87. The summed E-state index contributed by atoms with van der Waals surface area (Å²) in [6, 6.07) is 10.9. The van der Waals surface area contributed by atoms with Crippen molar-refractivity contribution >= 4 is 22.9 Å². The van der Waals surface area contributed by atoms with Crippen molar-refractivity contribution in [3.05, 3.63) is 46.2 Å². The van der Waals surface area contributed by atoms with Gasteiger partial charge in [0.1, 0.15) is 5.75 Å². The van der Waals surface area contributed by atoms with Gasteiger partial charge in [-0.05, 0) is 61.0 Å². The second kappa shape index (κ2) is 8.53. The van der Waals surface area contributed by atoms with Gasteiger partial charge in [-0.1, -0.05) is 0 Å². The molecule has 0 bridgehead atoms. The van der Waals surface area contributed by atoms with Gasteiger partial charge >= 0.3 is 0 Å². The van der Waals surface area contributed by atoms with E-state index in [1.807, 2.05) is 30.5 Å². The number of methoxy groups -OCH3 is 1. The van der Waals surface area contributed by atoms with Gasteiger partial charge in [-0.2, -0.15) is 0 Å². The Bertz CT molecular complexity index is 796. The van der Waals surface area contributed by atoms with Crippen LogP contribution in [0.2, 0.25) is 0 Å². The maximum Gasteiger partial charge on any atom is 0.264 e. The first kappa shape index (κ1) is 19.3. The summed E-state index contributed by atoms with van der Waals surface area (Å²) < 4.78 is 5.26. The van der Waals surface area contributed by atoms with Crippen LogP contribution in [0.3, 0.4) is 0 Å². The minimum absolute atomic E-state index is 0.217. The number of hydrogen-bond acceptors (Lipinski definition) is 5. The third kappa shape index (κ3) is 4.03. The number of thiophene rings is 1. The molecule has 28 heavy (non-hydrogen) atoms. The highest BCUT2D eigenvalue weighted by molar-refractivity contribution is 7.12. The van der Waals surface area contributed by atoms with E-state index >= 15 is 0 Å². The molecule has 0 N–H and O–H groups in total. The van der Waals surface area contributed by atoms with Crippen molar-refractivity contribution in [2.75, 3.05) is 51.3 Å². The number of aryl methyl sites for hydroxylation is 1. The Balaban J connectivity index is 1.34. The van der Waals surface area contributed by atoms with Crippen LogP contribution < -0.4 is 9.64 Å². The van der Waals surface area contributed by atoms with Gasteiger partial charge in [-0.15, -0.1) is 11.3 Å². The zero-order valence-corrected chi connectivity index (χ0v) is 17.6. The second-order valence-electron chi connectivity index (χ2n) is 7.70. The predicted octanol–water partition coefficient (Wildman–Crippen LogP) is 3.49. The number of amides is 1. The average molecular weight is 400 g/mol. The molecule has 2 aliphatic heterocycles. The predicted molar refractivity (Wildman–Crippen MR) is 115 cm³/mol. The highest BCUT2D eigenvalue weighted by Gasteiger charge is 2.31. The Labute approximate surface area is 171 Å². The van der Waals surface area contributed by atoms with E-state index < -0.39 is 0 Å². The fraction of sp³-hybridized carbons (Fsp3) is 0.500. The second-order valence-corrected chi connectivity index (χ2v) is 8.62. The fourth-order valence-corrected chi connectivity index (χ4v) is 5.20. The Morgan fingerprint density at radius 1 is 1.07 bits per heavy atom. The number of nitrogens with zero attached hydrogens (tertiary/aromatic N) is 3. The molecule has 2 aliphatic rings. The molecular formula is C22H29N3O2S. The van der Waals surface area contributed by atoms with E-state index in [2.05, 4.69) is 26.8 Å². The van der Waals surface area contributed by atoms with E-state index in [0.29, 0.717) is 6.04 Å². The van der Waals surface area contributed by atoms with Crippen molar-refractivity contribution in [2.45, 2.75) is 25.8 Å². The maximum atomic E-state index is 12.9. The van der Waals surface area contributed by atoms with Crippen LogP contribution in [0.25, 0.3) is 0 Å². The number of carbonyl (C=O) groups is 1. The summed E-state index contributed by atoms with van der Waals surface area (Å²) in [6.45, 7) is 7.94. The molecule has 1 aromatic heterocycles. The normalized spacial score (nSPS) is 21.0. The smallest absolute Gasteiger partial charge is 0.264 e. The summed E-state index contributed by atoms with van der Waals surface area (Å²) in [5, 5.41) is 2.02. The van der Waals surface area contributed by atoms with E-state index in [1.165, 1.54) is 12.1 Å². The Hall–Kier alpha value is -2.05. The monoisotopic (exact) mass is 399 g/mol. The molecule has 2 aromatic rings. The standard InChI is InChI=1S/C22H29N3O2S/c1-17-9-15-28-21(17)22(26)25-10-3-4-19(16-25)24-13-11-23(12-14-24)18-5-7-20(27-2)8-6-18/h5-9,15,19H,3-4,10-14,16H2,1-2H3/t19-/m0/s1. The van der Waals surface area contributed by atoms with Gasteiger partial charge in [0.25, 0.3) is 5.91 Å². The highest BCUT2D eigenvalue weighted by atomic mass is 32.1. The number of benzene rings is 1. The molecule has 0 unspecified atom stereocenters. The van der Waals surface area contributed by atoms with Gasteiger partial charge in [0.15, 0.2) is 0 Å². The number of piperazine rings is 1. The van der Waals surface area contributed by atoms with E-state index in [1.54, 1.807) is 18.4 Å². The van der Waals surface area contributed by atoms with Crippen LogP contribution in [-0.4, -0.2) is 68.1 Å². The number of likely N-dealkylation sites (tertiary alicyclic amines) is 1. The van der Waals surface area contributed by atoms with Crippen LogP contribution >= 0.6 is 11.3 Å². The molecule has 6 heteroatoms. The van der Waals surface area contributed by atoms with Crippen molar-refractivity contribution in [3.8, 4) is 5.75 Å². The molecule has 2 fully saturated rings. The lowest BCUT2D eigenvalue weighted by molar-refractivity contribution is 0.0567. The lowest BCUT2D eigenvalue weighted by Crippen LogP contribution is -2.55. The third-order valence-corrected chi connectivity index (χ3v) is 7.01. The Morgan fingerprint density at radius 3 is 2.46 bits per heavy atom. The molecule has 0 aliphatic carbocycles. The van der Waals surface area contributed by atoms with Gasteiger partial charge < -0.3 is 14.5 Å². The van der Waals surface area contributed by atoms with Crippen molar-refractivity contribution in [1.82, 2.24) is 9.80 Å².